The Labute approximate surface area is 150 Å². The number of aromatic hydroxyl groups is 1. The number of carbonyl (C=O) groups excluding carboxylic acids is 1. The second-order valence-electron chi connectivity index (χ2n) is 6.65. The molecule has 9 heteroatoms. The molecular formula is C18H13F5N2O2. The summed E-state index contributed by atoms with van der Waals surface area (Å²) in [6.45, 7) is -1.53. The highest BCUT2D eigenvalue weighted by Gasteiger charge is 2.61. The quantitative estimate of drug-likeness (QED) is 0.779. The minimum absolute atomic E-state index is 0.0384. The van der Waals surface area contributed by atoms with Gasteiger partial charge in [0.25, 0.3) is 11.8 Å². The zero-order chi connectivity index (χ0) is 19.6. The Bertz CT molecular complexity index is 918. The van der Waals surface area contributed by atoms with Crippen molar-refractivity contribution in [1.29, 1.82) is 0 Å². The first-order valence-corrected chi connectivity index (χ1v) is 8.00. The fraction of sp³-hybridized carbons (Fsp3) is 0.278. The molecule has 0 aliphatic carbocycles. The van der Waals surface area contributed by atoms with Crippen molar-refractivity contribution in [2.45, 2.75) is 17.6 Å². The van der Waals surface area contributed by atoms with Gasteiger partial charge in [-0.3, -0.25) is 9.69 Å². The fourth-order valence-electron chi connectivity index (χ4n) is 3.79. The SMILES string of the molecule is O=C1Nc2c(C(F)(F)F)cccc2[C@@]1(c1ccc(O)cc1)N1CC(F)(F)C1. The molecule has 0 bridgehead atoms. The van der Waals surface area contributed by atoms with Crippen LogP contribution < -0.4 is 5.32 Å². The van der Waals surface area contributed by atoms with Gasteiger partial charge in [0.05, 0.1) is 24.3 Å². The predicted molar refractivity (Wildman–Crippen MR) is 85.5 cm³/mol. The maximum Gasteiger partial charge on any atom is 0.418 e. The van der Waals surface area contributed by atoms with Crippen LogP contribution in [-0.4, -0.2) is 34.9 Å². The van der Waals surface area contributed by atoms with Crippen molar-refractivity contribution in [2.75, 3.05) is 18.4 Å². The minimum Gasteiger partial charge on any atom is -0.508 e. The summed E-state index contributed by atoms with van der Waals surface area (Å²) in [7, 11) is 0. The average Bonchev–Trinajstić information content (AvgIpc) is 2.85. The number of phenolic OH excluding ortho intramolecular Hbond substituents is 1. The van der Waals surface area contributed by atoms with E-state index < -0.39 is 47.9 Å². The van der Waals surface area contributed by atoms with Crippen molar-refractivity contribution in [3.63, 3.8) is 0 Å². The molecule has 0 saturated carbocycles. The lowest BCUT2D eigenvalue weighted by Gasteiger charge is -2.49. The van der Waals surface area contributed by atoms with Crippen LogP contribution in [0.5, 0.6) is 5.75 Å². The van der Waals surface area contributed by atoms with Crippen LogP contribution in [0, 0.1) is 0 Å². The number of fused-ring (bicyclic) bond motifs is 1. The van der Waals surface area contributed by atoms with Gasteiger partial charge in [0.15, 0.2) is 5.54 Å². The maximum absolute atomic E-state index is 13.6. The molecule has 0 spiro atoms. The highest BCUT2D eigenvalue weighted by Crippen LogP contribution is 2.52. The van der Waals surface area contributed by atoms with Crippen molar-refractivity contribution in [1.82, 2.24) is 4.90 Å². The molecule has 0 unspecified atom stereocenters. The zero-order valence-corrected chi connectivity index (χ0v) is 13.6. The molecule has 2 heterocycles. The van der Waals surface area contributed by atoms with Gasteiger partial charge in [0.1, 0.15) is 5.75 Å². The van der Waals surface area contributed by atoms with E-state index in [1.165, 1.54) is 30.3 Å². The Kier molecular flexibility index (Phi) is 3.55. The van der Waals surface area contributed by atoms with Crippen LogP contribution in [0.1, 0.15) is 16.7 Å². The molecule has 1 saturated heterocycles. The number of nitrogens with one attached hydrogen (secondary N) is 1. The Balaban J connectivity index is 1.96. The van der Waals surface area contributed by atoms with E-state index in [1.54, 1.807) is 0 Å². The second kappa shape index (κ2) is 5.41. The van der Waals surface area contributed by atoms with Crippen LogP contribution in [0.25, 0.3) is 0 Å². The Morgan fingerprint density at radius 3 is 2.22 bits per heavy atom. The third kappa shape index (κ3) is 2.48. The number of benzene rings is 2. The number of rotatable bonds is 2. The normalized spacial score (nSPS) is 24.3. The molecule has 1 amide bonds. The van der Waals surface area contributed by atoms with Crippen molar-refractivity contribution in [3.8, 4) is 5.75 Å². The molecule has 2 aromatic carbocycles. The molecule has 1 atom stereocenters. The Morgan fingerprint density at radius 2 is 1.67 bits per heavy atom. The predicted octanol–water partition coefficient (Wildman–Crippen LogP) is 3.56. The van der Waals surface area contributed by atoms with Gasteiger partial charge < -0.3 is 10.4 Å². The van der Waals surface area contributed by atoms with Gasteiger partial charge >= 0.3 is 6.18 Å². The molecule has 2 aromatic rings. The topological polar surface area (TPSA) is 52.6 Å². The lowest BCUT2D eigenvalue weighted by Crippen LogP contribution is -2.66. The first-order chi connectivity index (χ1) is 12.6. The van der Waals surface area contributed by atoms with E-state index in [2.05, 4.69) is 5.32 Å². The summed E-state index contributed by atoms with van der Waals surface area (Å²) in [4.78, 5) is 14.1. The number of amides is 1. The summed E-state index contributed by atoms with van der Waals surface area (Å²) in [5, 5.41) is 11.8. The largest absolute Gasteiger partial charge is 0.508 e. The van der Waals surface area contributed by atoms with E-state index >= 15 is 0 Å². The Morgan fingerprint density at radius 1 is 1.04 bits per heavy atom. The molecule has 142 valence electrons. The summed E-state index contributed by atoms with van der Waals surface area (Å²) in [6, 6.07) is 8.51. The highest BCUT2D eigenvalue weighted by molar-refractivity contribution is 6.09. The van der Waals surface area contributed by atoms with Crippen LogP contribution in [0.15, 0.2) is 42.5 Å². The smallest absolute Gasteiger partial charge is 0.418 e. The number of nitrogens with zero attached hydrogens (tertiary/aromatic N) is 1. The number of alkyl halides is 5. The van der Waals surface area contributed by atoms with E-state index in [4.69, 9.17) is 0 Å². The number of hydrogen-bond donors (Lipinski definition) is 2. The number of phenols is 1. The number of para-hydroxylation sites is 1. The summed E-state index contributed by atoms with van der Waals surface area (Å²) in [6.07, 6.45) is -4.72. The standard InChI is InChI=1S/C18H13F5N2O2/c19-16(20)8-25(9-16)17(10-4-6-11(26)7-5-10)12-2-1-3-13(18(21,22)23)14(12)24-15(17)27/h1-7,26H,8-9H2,(H,24,27)/t17-/m1/s1. The van der Waals surface area contributed by atoms with Gasteiger partial charge in [0.2, 0.25) is 0 Å². The molecule has 1 fully saturated rings. The molecule has 2 aliphatic rings. The van der Waals surface area contributed by atoms with Crippen LogP contribution >= 0.6 is 0 Å². The molecule has 2 aliphatic heterocycles. The monoisotopic (exact) mass is 384 g/mol. The lowest BCUT2D eigenvalue weighted by atomic mass is 9.79. The number of likely N-dealkylation sites (tertiary alicyclic amines) is 1. The van der Waals surface area contributed by atoms with E-state index in [1.807, 2.05) is 0 Å². The lowest BCUT2D eigenvalue weighted by molar-refractivity contribution is -0.169. The average molecular weight is 384 g/mol. The van der Waals surface area contributed by atoms with Crippen LogP contribution in [0.4, 0.5) is 27.6 Å². The molecule has 2 N–H and O–H groups in total. The number of halogens is 5. The van der Waals surface area contributed by atoms with Gasteiger partial charge in [-0.1, -0.05) is 24.3 Å². The van der Waals surface area contributed by atoms with Crippen LogP contribution in [-0.2, 0) is 16.5 Å². The number of carbonyl (C=O) groups is 1. The van der Waals surface area contributed by atoms with Crippen molar-refractivity contribution in [2.24, 2.45) is 0 Å². The molecule has 0 aromatic heterocycles. The van der Waals surface area contributed by atoms with Crippen molar-refractivity contribution in [3.05, 3.63) is 59.2 Å². The Hall–Kier alpha value is -2.68. The summed E-state index contributed by atoms with van der Waals surface area (Å²) in [5.74, 6) is -3.99. The van der Waals surface area contributed by atoms with Gasteiger partial charge in [-0.05, 0) is 23.8 Å². The number of hydrogen-bond acceptors (Lipinski definition) is 3. The third-order valence-corrected chi connectivity index (χ3v) is 4.93. The van der Waals surface area contributed by atoms with Gasteiger partial charge in [0, 0.05) is 5.56 Å². The first kappa shape index (κ1) is 17.7. The molecule has 27 heavy (non-hydrogen) atoms. The summed E-state index contributed by atoms with van der Waals surface area (Å²) in [5.41, 5.74) is -3.14. The first-order valence-electron chi connectivity index (χ1n) is 8.00. The van der Waals surface area contributed by atoms with E-state index in [-0.39, 0.29) is 16.9 Å². The zero-order valence-electron chi connectivity index (χ0n) is 13.6. The molecule has 0 radical (unpaired) electrons. The van der Waals surface area contributed by atoms with Crippen LogP contribution in [0.3, 0.4) is 0 Å². The summed E-state index contributed by atoms with van der Waals surface area (Å²) >= 11 is 0. The molecular weight excluding hydrogens is 371 g/mol. The van der Waals surface area contributed by atoms with Crippen LogP contribution in [0.2, 0.25) is 0 Å². The third-order valence-electron chi connectivity index (χ3n) is 4.93. The summed E-state index contributed by atoms with van der Waals surface area (Å²) < 4.78 is 67.3. The van der Waals surface area contributed by atoms with E-state index in [0.29, 0.717) is 0 Å². The van der Waals surface area contributed by atoms with Crippen molar-refractivity contribution < 1.29 is 31.9 Å². The molecule has 4 rings (SSSR count). The number of anilines is 1. The fourth-order valence-corrected chi connectivity index (χ4v) is 3.79. The van der Waals surface area contributed by atoms with Gasteiger partial charge in [-0.2, -0.15) is 13.2 Å². The van der Waals surface area contributed by atoms with E-state index in [9.17, 15) is 31.9 Å². The van der Waals surface area contributed by atoms with Gasteiger partial charge in [-0.25, -0.2) is 8.78 Å². The minimum atomic E-state index is -4.72. The molecule has 4 nitrogen and oxygen atoms in total. The van der Waals surface area contributed by atoms with Gasteiger partial charge in [-0.15, -0.1) is 0 Å². The van der Waals surface area contributed by atoms with E-state index in [0.717, 1.165) is 17.0 Å². The maximum atomic E-state index is 13.6. The van der Waals surface area contributed by atoms with Crippen molar-refractivity contribution >= 4 is 11.6 Å². The second-order valence-corrected chi connectivity index (χ2v) is 6.65. The highest BCUT2D eigenvalue weighted by atomic mass is 19.4.